The largest absolute Gasteiger partial charge is 0.443 e. The van der Waals surface area contributed by atoms with Crippen LogP contribution in [0.3, 0.4) is 0 Å². The zero-order chi connectivity index (χ0) is 12.4. The molecular weight excluding hydrogens is 228 g/mol. The Morgan fingerprint density at radius 1 is 1.41 bits per heavy atom. The summed E-state index contributed by atoms with van der Waals surface area (Å²) in [6.07, 6.45) is 0. The molecule has 2 N–H and O–H groups in total. The summed E-state index contributed by atoms with van der Waals surface area (Å²) in [5.74, 6) is -0.700. The van der Waals surface area contributed by atoms with Crippen LogP contribution in [0.15, 0.2) is 33.6 Å². The van der Waals surface area contributed by atoms with Crippen LogP contribution in [0.2, 0.25) is 0 Å². The first kappa shape index (κ1) is 10.9. The highest BCUT2D eigenvalue weighted by molar-refractivity contribution is 5.33. The third-order valence-corrected chi connectivity index (χ3v) is 2.20. The summed E-state index contributed by atoms with van der Waals surface area (Å²) >= 11 is 0. The number of benzene rings is 1. The van der Waals surface area contributed by atoms with Crippen molar-refractivity contribution in [2.45, 2.75) is 6.54 Å². The minimum Gasteiger partial charge on any atom is -0.366 e. The van der Waals surface area contributed by atoms with Gasteiger partial charge in [0.25, 0.3) is 5.69 Å². The highest BCUT2D eigenvalue weighted by Crippen LogP contribution is 2.12. The minimum absolute atomic E-state index is 0.0145. The maximum atomic E-state index is 11.2. The van der Waals surface area contributed by atoms with Gasteiger partial charge in [-0.1, -0.05) is 12.1 Å². The van der Waals surface area contributed by atoms with Gasteiger partial charge in [0, 0.05) is 12.1 Å². The molecule has 88 valence electrons. The lowest BCUT2D eigenvalue weighted by Crippen LogP contribution is -2.17. The van der Waals surface area contributed by atoms with Gasteiger partial charge in [0.1, 0.15) is 0 Å². The van der Waals surface area contributed by atoms with Crippen LogP contribution in [0, 0.1) is 10.1 Å². The highest BCUT2D eigenvalue weighted by atomic mass is 16.6. The van der Waals surface area contributed by atoms with Crippen LogP contribution in [0.25, 0.3) is 0 Å². The van der Waals surface area contributed by atoms with Crippen LogP contribution >= 0.6 is 0 Å². The monoisotopic (exact) mass is 236 g/mol. The summed E-state index contributed by atoms with van der Waals surface area (Å²) in [6, 6.07) is 5.78. The van der Waals surface area contributed by atoms with Gasteiger partial charge in [0.05, 0.1) is 11.5 Å². The van der Waals surface area contributed by atoms with Crippen molar-refractivity contribution in [2.24, 2.45) is 0 Å². The SMILES string of the molecule is Nc1noc(=O)n1Cc1ccc([N+](=O)[O-])cc1. The van der Waals surface area contributed by atoms with Crippen LogP contribution in [0.4, 0.5) is 11.6 Å². The van der Waals surface area contributed by atoms with Gasteiger partial charge >= 0.3 is 5.76 Å². The molecular formula is C9H8N4O4. The fourth-order valence-electron chi connectivity index (χ4n) is 1.33. The van der Waals surface area contributed by atoms with Crippen molar-refractivity contribution >= 4 is 11.6 Å². The summed E-state index contributed by atoms with van der Waals surface area (Å²) < 4.78 is 5.48. The third-order valence-electron chi connectivity index (χ3n) is 2.20. The summed E-state index contributed by atoms with van der Waals surface area (Å²) in [5.41, 5.74) is 6.09. The molecule has 0 amide bonds. The molecule has 2 aromatic rings. The van der Waals surface area contributed by atoms with E-state index in [1.54, 1.807) is 0 Å². The molecule has 1 aromatic heterocycles. The molecule has 0 radical (unpaired) electrons. The molecule has 0 fully saturated rings. The second-order valence-electron chi connectivity index (χ2n) is 3.32. The molecule has 1 heterocycles. The standard InChI is InChI=1S/C9H8N4O4/c10-8-11-17-9(14)12(8)5-6-1-3-7(4-2-6)13(15)16/h1-4H,5H2,(H2,10,11). The number of rotatable bonds is 3. The summed E-state index contributed by atoms with van der Waals surface area (Å²) in [4.78, 5) is 21.1. The molecule has 0 aliphatic heterocycles. The predicted octanol–water partition coefficient (Wildman–Crippen LogP) is 0.375. The molecule has 0 bridgehead atoms. The molecule has 17 heavy (non-hydrogen) atoms. The van der Waals surface area contributed by atoms with Gasteiger partial charge in [-0.05, 0) is 10.7 Å². The number of anilines is 1. The Labute approximate surface area is 94.4 Å². The lowest BCUT2D eigenvalue weighted by atomic mass is 10.2. The Balaban J connectivity index is 2.25. The van der Waals surface area contributed by atoms with Gasteiger partial charge in [0.2, 0.25) is 5.95 Å². The molecule has 8 heteroatoms. The Hall–Kier alpha value is -2.64. The molecule has 0 unspecified atom stereocenters. The molecule has 0 aliphatic rings. The number of hydrogen-bond acceptors (Lipinski definition) is 6. The van der Waals surface area contributed by atoms with E-state index < -0.39 is 10.7 Å². The van der Waals surface area contributed by atoms with E-state index in [1.807, 2.05) is 0 Å². The third kappa shape index (κ3) is 2.14. The van der Waals surface area contributed by atoms with E-state index in [9.17, 15) is 14.9 Å². The smallest absolute Gasteiger partial charge is 0.366 e. The van der Waals surface area contributed by atoms with E-state index in [1.165, 1.54) is 24.3 Å². The Bertz CT molecular complexity index is 598. The second-order valence-corrected chi connectivity index (χ2v) is 3.32. The van der Waals surface area contributed by atoms with E-state index in [4.69, 9.17) is 5.73 Å². The number of nitro benzene ring substituents is 1. The average molecular weight is 236 g/mol. The normalized spacial score (nSPS) is 10.4. The van der Waals surface area contributed by atoms with Crippen LogP contribution in [-0.2, 0) is 6.54 Å². The first-order valence-electron chi connectivity index (χ1n) is 4.63. The number of nitro groups is 1. The zero-order valence-electron chi connectivity index (χ0n) is 8.57. The van der Waals surface area contributed by atoms with E-state index in [-0.39, 0.29) is 18.2 Å². The fourth-order valence-corrected chi connectivity index (χ4v) is 1.33. The van der Waals surface area contributed by atoms with Gasteiger partial charge in [0.15, 0.2) is 0 Å². The van der Waals surface area contributed by atoms with Gasteiger partial charge in [-0.3, -0.25) is 14.6 Å². The first-order chi connectivity index (χ1) is 8.08. The average Bonchev–Trinajstić information content (AvgIpc) is 2.61. The molecule has 0 saturated heterocycles. The van der Waals surface area contributed by atoms with Gasteiger partial charge in [-0.25, -0.2) is 9.36 Å². The van der Waals surface area contributed by atoms with Crippen molar-refractivity contribution in [3.63, 3.8) is 0 Å². The Morgan fingerprint density at radius 3 is 2.53 bits per heavy atom. The number of nitrogens with two attached hydrogens (primary N) is 1. The zero-order valence-corrected chi connectivity index (χ0v) is 8.57. The first-order valence-corrected chi connectivity index (χ1v) is 4.63. The van der Waals surface area contributed by atoms with Crippen LogP contribution < -0.4 is 11.5 Å². The van der Waals surface area contributed by atoms with Crippen molar-refractivity contribution in [1.29, 1.82) is 0 Å². The molecule has 0 atom stereocenters. The lowest BCUT2D eigenvalue weighted by Gasteiger charge is -2.01. The molecule has 2 rings (SSSR count). The Kier molecular flexibility index (Phi) is 2.61. The summed E-state index contributed by atoms with van der Waals surface area (Å²) in [5, 5.41) is 13.7. The van der Waals surface area contributed by atoms with E-state index in [0.717, 1.165) is 4.57 Å². The molecule has 8 nitrogen and oxygen atoms in total. The molecule has 1 aromatic carbocycles. The van der Waals surface area contributed by atoms with Crippen molar-refractivity contribution in [3.05, 3.63) is 50.5 Å². The van der Waals surface area contributed by atoms with Crippen LogP contribution in [0.1, 0.15) is 5.56 Å². The van der Waals surface area contributed by atoms with Gasteiger partial charge < -0.3 is 5.73 Å². The maximum absolute atomic E-state index is 11.2. The lowest BCUT2D eigenvalue weighted by molar-refractivity contribution is -0.384. The summed E-state index contributed by atoms with van der Waals surface area (Å²) in [7, 11) is 0. The Morgan fingerprint density at radius 2 is 2.06 bits per heavy atom. The number of hydrogen-bond donors (Lipinski definition) is 1. The second kappa shape index (κ2) is 4.08. The number of nitrogens with zero attached hydrogens (tertiary/aromatic N) is 3. The highest BCUT2D eigenvalue weighted by Gasteiger charge is 2.09. The van der Waals surface area contributed by atoms with Crippen molar-refractivity contribution in [1.82, 2.24) is 9.72 Å². The van der Waals surface area contributed by atoms with Crippen molar-refractivity contribution in [2.75, 3.05) is 5.73 Å². The van der Waals surface area contributed by atoms with Gasteiger partial charge in [-0.15, -0.1) is 0 Å². The van der Waals surface area contributed by atoms with Crippen LogP contribution in [-0.4, -0.2) is 14.6 Å². The molecule has 0 spiro atoms. The number of nitrogen functional groups attached to an aromatic ring is 1. The quantitative estimate of drug-likeness (QED) is 0.607. The van der Waals surface area contributed by atoms with Crippen molar-refractivity contribution < 1.29 is 9.45 Å². The predicted molar refractivity (Wildman–Crippen MR) is 57.4 cm³/mol. The van der Waals surface area contributed by atoms with Crippen molar-refractivity contribution in [3.8, 4) is 0 Å². The minimum atomic E-state index is -0.666. The molecule has 0 aliphatic carbocycles. The van der Waals surface area contributed by atoms with E-state index in [0.29, 0.717) is 5.56 Å². The topological polar surface area (TPSA) is 117 Å². The van der Waals surface area contributed by atoms with Gasteiger partial charge in [-0.2, -0.15) is 0 Å². The summed E-state index contributed by atoms with van der Waals surface area (Å²) in [6.45, 7) is 0.159. The van der Waals surface area contributed by atoms with E-state index >= 15 is 0 Å². The fraction of sp³-hybridized carbons (Fsp3) is 0.111. The van der Waals surface area contributed by atoms with E-state index in [2.05, 4.69) is 9.68 Å². The van der Waals surface area contributed by atoms with Crippen LogP contribution in [0.5, 0.6) is 0 Å². The molecule has 0 saturated carbocycles. The number of non-ortho nitro benzene ring substituents is 1. The maximum Gasteiger partial charge on any atom is 0.443 e. The number of aromatic nitrogens is 2.